The van der Waals surface area contributed by atoms with E-state index < -0.39 is 0 Å². The van der Waals surface area contributed by atoms with Crippen LogP contribution in [0, 0.1) is 0 Å². The zero-order chi connectivity index (χ0) is 18.9. The molecule has 0 spiro atoms. The van der Waals surface area contributed by atoms with Crippen molar-refractivity contribution in [1.82, 2.24) is 24.7 Å². The van der Waals surface area contributed by atoms with Gasteiger partial charge in [0.2, 0.25) is 0 Å². The smallest absolute Gasteiger partial charge is 0.267 e. The van der Waals surface area contributed by atoms with Crippen molar-refractivity contribution in [2.24, 2.45) is 0 Å². The van der Waals surface area contributed by atoms with Crippen molar-refractivity contribution in [2.45, 2.75) is 63.5 Å². The second kappa shape index (κ2) is 7.30. The molecule has 1 N–H and O–H groups in total. The van der Waals surface area contributed by atoms with Crippen molar-refractivity contribution >= 4 is 16.9 Å². The molecule has 3 aromatic heterocycles. The first kappa shape index (κ1) is 17.3. The molecule has 1 saturated carbocycles. The van der Waals surface area contributed by atoms with E-state index in [0.717, 1.165) is 61.0 Å². The largest absolute Gasteiger partial charge is 0.367 e. The Morgan fingerprint density at radius 3 is 2.79 bits per heavy atom. The molecule has 0 unspecified atom stereocenters. The van der Waals surface area contributed by atoms with E-state index in [9.17, 15) is 4.79 Å². The molecule has 3 heterocycles. The molecular weight excluding hydrogens is 352 g/mol. The minimum atomic E-state index is 0.0601. The highest BCUT2D eigenvalue weighted by atomic mass is 16.1. The van der Waals surface area contributed by atoms with E-state index in [2.05, 4.69) is 20.3 Å². The molecule has 144 valence electrons. The van der Waals surface area contributed by atoms with Gasteiger partial charge >= 0.3 is 0 Å². The number of nitrogens with one attached hydrogen (secondary N) is 1. The number of anilines is 1. The molecule has 3 aromatic rings. The van der Waals surface area contributed by atoms with Crippen LogP contribution in [-0.4, -0.2) is 30.8 Å². The summed E-state index contributed by atoms with van der Waals surface area (Å²) in [7, 11) is 0. The minimum Gasteiger partial charge on any atom is -0.367 e. The lowest BCUT2D eigenvalue weighted by atomic mass is 9.91. The van der Waals surface area contributed by atoms with Gasteiger partial charge < -0.3 is 5.32 Å². The average Bonchev–Trinajstić information content (AvgIpc) is 2.74. The molecule has 2 aliphatic carbocycles. The molecule has 0 atom stereocenters. The van der Waals surface area contributed by atoms with E-state index in [0.29, 0.717) is 11.7 Å². The lowest BCUT2D eigenvalue weighted by Crippen LogP contribution is -2.34. The van der Waals surface area contributed by atoms with E-state index in [4.69, 9.17) is 5.10 Å². The van der Waals surface area contributed by atoms with Gasteiger partial charge in [-0.15, -0.1) is 0 Å². The normalized spacial score (nSPS) is 22.0. The first-order valence-corrected chi connectivity index (χ1v) is 10.2. The number of nitrogens with zero attached hydrogens (tertiary/aromatic N) is 5. The van der Waals surface area contributed by atoms with Crippen LogP contribution in [0.4, 0.5) is 5.82 Å². The molecule has 0 bridgehead atoms. The van der Waals surface area contributed by atoms with E-state index in [1.54, 1.807) is 17.2 Å². The minimum absolute atomic E-state index is 0.0601. The standard InChI is InChI=1S/C21H24N6O/c28-19-12-14-4-1-2-6-18(14)26-27(19)16-9-7-15(8-10-16)25-21-17-5-3-11-22-20(17)23-13-24-21/h3,5,11-13,15-16H,1-2,4,6-10H2,(H,22,23,24,25). The summed E-state index contributed by atoms with van der Waals surface area (Å²) in [5, 5.41) is 9.25. The van der Waals surface area contributed by atoms with Crippen molar-refractivity contribution in [3.63, 3.8) is 0 Å². The second-order valence-corrected chi connectivity index (χ2v) is 7.85. The Morgan fingerprint density at radius 2 is 1.89 bits per heavy atom. The lowest BCUT2D eigenvalue weighted by Gasteiger charge is -2.30. The Bertz CT molecular complexity index is 1050. The SMILES string of the molecule is O=c1cc2c(nn1C1CCC(Nc3ncnc4ncccc34)CC1)CCCC2. The summed E-state index contributed by atoms with van der Waals surface area (Å²) in [6.07, 6.45) is 11.5. The molecule has 7 heteroatoms. The topological polar surface area (TPSA) is 85.6 Å². The monoisotopic (exact) mass is 376 g/mol. The van der Waals surface area contributed by atoms with E-state index in [-0.39, 0.29) is 11.6 Å². The molecule has 5 rings (SSSR count). The summed E-state index contributed by atoms with van der Waals surface area (Å²) < 4.78 is 1.75. The molecule has 2 aliphatic rings. The summed E-state index contributed by atoms with van der Waals surface area (Å²) in [4.78, 5) is 25.5. The van der Waals surface area contributed by atoms with Gasteiger partial charge in [-0.25, -0.2) is 19.6 Å². The Balaban J connectivity index is 1.30. The fourth-order valence-electron chi connectivity index (χ4n) is 4.51. The van der Waals surface area contributed by atoms with Crippen LogP contribution in [0.5, 0.6) is 0 Å². The lowest BCUT2D eigenvalue weighted by molar-refractivity contribution is 0.300. The van der Waals surface area contributed by atoms with Gasteiger partial charge in [0.05, 0.1) is 17.1 Å². The van der Waals surface area contributed by atoms with Crippen LogP contribution in [-0.2, 0) is 12.8 Å². The fraction of sp³-hybridized carbons (Fsp3) is 0.476. The van der Waals surface area contributed by atoms with Crippen LogP contribution >= 0.6 is 0 Å². The summed E-state index contributed by atoms with van der Waals surface area (Å²) in [6.45, 7) is 0. The molecule has 0 aromatic carbocycles. The predicted molar refractivity (Wildman–Crippen MR) is 107 cm³/mol. The first-order valence-electron chi connectivity index (χ1n) is 10.2. The number of rotatable bonds is 3. The third-order valence-electron chi connectivity index (χ3n) is 6.02. The summed E-state index contributed by atoms with van der Waals surface area (Å²) >= 11 is 0. The van der Waals surface area contributed by atoms with Gasteiger partial charge in [-0.1, -0.05) is 0 Å². The van der Waals surface area contributed by atoms with E-state index >= 15 is 0 Å². The molecule has 1 fully saturated rings. The zero-order valence-corrected chi connectivity index (χ0v) is 15.8. The van der Waals surface area contributed by atoms with Gasteiger partial charge in [0.15, 0.2) is 5.65 Å². The number of pyridine rings is 1. The van der Waals surface area contributed by atoms with Crippen LogP contribution in [0.2, 0.25) is 0 Å². The van der Waals surface area contributed by atoms with Crippen molar-refractivity contribution in [3.8, 4) is 0 Å². The maximum Gasteiger partial charge on any atom is 0.267 e. The number of fused-ring (bicyclic) bond motifs is 2. The van der Waals surface area contributed by atoms with Crippen molar-refractivity contribution in [3.05, 3.63) is 52.3 Å². The summed E-state index contributed by atoms with van der Waals surface area (Å²) in [5.74, 6) is 0.839. The molecular formula is C21H24N6O. The Kier molecular flexibility index (Phi) is 4.50. The zero-order valence-electron chi connectivity index (χ0n) is 15.8. The summed E-state index contributed by atoms with van der Waals surface area (Å²) in [5.41, 5.74) is 3.06. The van der Waals surface area contributed by atoms with Crippen LogP contribution in [0.25, 0.3) is 11.0 Å². The van der Waals surface area contributed by atoms with Crippen LogP contribution in [0.1, 0.15) is 55.8 Å². The number of aromatic nitrogens is 5. The van der Waals surface area contributed by atoms with Gasteiger partial charge in [-0.05, 0) is 69.1 Å². The average molecular weight is 376 g/mol. The Labute approximate surface area is 163 Å². The Morgan fingerprint density at radius 1 is 1.04 bits per heavy atom. The van der Waals surface area contributed by atoms with Crippen LogP contribution in [0.15, 0.2) is 35.5 Å². The highest BCUT2D eigenvalue weighted by molar-refractivity contribution is 5.85. The third-order valence-corrected chi connectivity index (χ3v) is 6.02. The van der Waals surface area contributed by atoms with Gasteiger partial charge in [0.1, 0.15) is 12.1 Å². The van der Waals surface area contributed by atoms with Crippen molar-refractivity contribution in [2.75, 3.05) is 5.32 Å². The Hall–Kier alpha value is -2.83. The quantitative estimate of drug-likeness (QED) is 0.756. The van der Waals surface area contributed by atoms with Crippen LogP contribution in [0.3, 0.4) is 0 Å². The van der Waals surface area contributed by atoms with E-state index in [1.165, 1.54) is 12.8 Å². The highest BCUT2D eigenvalue weighted by Gasteiger charge is 2.25. The van der Waals surface area contributed by atoms with E-state index in [1.807, 2.05) is 18.2 Å². The number of hydrogen-bond donors (Lipinski definition) is 1. The highest BCUT2D eigenvalue weighted by Crippen LogP contribution is 2.30. The van der Waals surface area contributed by atoms with Gasteiger partial charge in [0, 0.05) is 18.3 Å². The molecule has 0 saturated heterocycles. The maximum atomic E-state index is 12.6. The second-order valence-electron chi connectivity index (χ2n) is 7.85. The third kappa shape index (κ3) is 3.25. The summed E-state index contributed by atoms with van der Waals surface area (Å²) in [6, 6.07) is 6.25. The first-order chi connectivity index (χ1) is 13.8. The molecule has 0 radical (unpaired) electrons. The fourth-order valence-corrected chi connectivity index (χ4v) is 4.51. The molecule has 28 heavy (non-hydrogen) atoms. The van der Waals surface area contributed by atoms with Gasteiger partial charge in [-0.2, -0.15) is 5.10 Å². The predicted octanol–water partition coefficient (Wildman–Crippen LogP) is 3.06. The van der Waals surface area contributed by atoms with Gasteiger partial charge in [0.25, 0.3) is 5.56 Å². The van der Waals surface area contributed by atoms with Crippen LogP contribution < -0.4 is 10.9 Å². The van der Waals surface area contributed by atoms with Crippen molar-refractivity contribution in [1.29, 1.82) is 0 Å². The molecule has 0 amide bonds. The molecule has 7 nitrogen and oxygen atoms in total. The van der Waals surface area contributed by atoms with Crippen molar-refractivity contribution < 1.29 is 0 Å². The number of hydrogen-bond acceptors (Lipinski definition) is 6. The molecule has 0 aliphatic heterocycles. The van der Waals surface area contributed by atoms with Gasteiger partial charge in [-0.3, -0.25) is 4.79 Å². The maximum absolute atomic E-state index is 12.6. The number of aryl methyl sites for hydroxylation is 2.